The first-order chi connectivity index (χ1) is 15.8. The lowest BCUT2D eigenvalue weighted by Crippen LogP contribution is -2.31. The second kappa shape index (κ2) is 9.24. The molecule has 5 rings (SSSR count). The molecular weight excluding hydrogens is 398 g/mol. The Balaban J connectivity index is 1.48. The summed E-state index contributed by atoms with van der Waals surface area (Å²) in [5.41, 5.74) is 7.31. The van der Waals surface area contributed by atoms with Crippen molar-refractivity contribution in [3.8, 4) is 17.0 Å². The first kappa shape index (κ1) is 20.3. The Kier molecular flexibility index (Phi) is 5.85. The molecule has 0 bridgehead atoms. The zero-order chi connectivity index (χ0) is 21.8. The highest BCUT2D eigenvalue weighted by atomic mass is 16.5. The summed E-state index contributed by atoms with van der Waals surface area (Å²) in [6.45, 7) is 4.35. The fourth-order valence-corrected chi connectivity index (χ4v) is 4.38. The Hall–Kier alpha value is -3.64. The van der Waals surface area contributed by atoms with Crippen molar-refractivity contribution < 1.29 is 4.74 Å². The number of benzene rings is 2. The molecule has 0 spiro atoms. The van der Waals surface area contributed by atoms with E-state index in [0.29, 0.717) is 5.88 Å². The highest BCUT2D eigenvalue weighted by Crippen LogP contribution is 2.32. The van der Waals surface area contributed by atoms with E-state index in [1.165, 1.54) is 22.4 Å². The van der Waals surface area contributed by atoms with Crippen molar-refractivity contribution in [2.24, 2.45) is 0 Å². The maximum absolute atomic E-state index is 5.50. The maximum atomic E-state index is 5.50. The minimum Gasteiger partial charge on any atom is -0.481 e. The molecule has 0 amide bonds. The molecule has 162 valence electrons. The molecule has 3 heterocycles. The molecule has 4 aromatic rings. The van der Waals surface area contributed by atoms with Gasteiger partial charge in [0.1, 0.15) is 0 Å². The van der Waals surface area contributed by atoms with Crippen LogP contribution >= 0.6 is 0 Å². The van der Waals surface area contributed by atoms with Gasteiger partial charge < -0.3 is 14.6 Å². The van der Waals surface area contributed by atoms with Crippen LogP contribution in [0.4, 0.5) is 5.69 Å². The van der Waals surface area contributed by atoms with Gasteiger partial charge in [-0.1, -0.05) is 42.5 Å². The summed E-state index contributed by atoms with van der Waals surface area (Å²) in [4.78, 5) is 16.7. The van der Waals surface area contributed by atoms with Crippen LogP contribution in [0.25, 0.3) is 11.1 Å². The van der Waals surface area contributed by atoms with Crippen LogP contribution in [0.3, 0.4) is 0 Å². The third-order valence-corrected chi connectivity index (χ3v) is 5.96. The number of H-pyrrole nitrogens is 1. The van der Waals surface area contributed by atoms with Gasteiger partial charge in [0, 0.05) is 49.8 Å². The molecule has 0 atom stereocenters. The van der Waals surface area contributed by atoms with Gasteiger partial charge in [-0.05, 0) is 34.9 Å². The van der Waals surface area contributed by atoms with Crippen LogP contribution in [0.1, 0.15) is 16.8 Å². The number of anilines is 1. The number of aromatic amines is 1. The Bertz CT molecular complexity index is 1160. The normalized spacial score (nSPS) is 14.1. The molecule has 0 unspecified atom stereocenters. The molecule has 2 aromatic carbocycles. The number of hydrogen-bond donors (Lipinski definition) is 1. The monoisotopic (exact) mass is 425 g/mol. The molecule has 2 aromatic heterocycles. The first-order valence-corrected chi connectivity index (χ1v) is 10.9. The Labute approximate surface area is 188 Å². The van der Waals surface area contributed by atoms with E-state index >= 15 is 0 Å². The molecule has 6 heteroatoms. The summed E-state index contributed by atoms with van der Waals surface area (Å²) in [7, 11) is 1.68. The molecule has 0 radical (unpaired) electrons. The van der Waals surface area contributed by atoms with E-state index in [4.69, 9.17) is 4.74 Å². The van der Waals surface area contributed by atoms with Crippen LogP contribution < -0.4 is 9.64 Å². The molecule has 0 saturated heterocycles. The third kappa shape index (κ3) is 4.36. The zero-order valence-electron chi connectivity index (χ0n) is 18.2. The second-order valence-corrected chi connectivity index (χ2v) is 8.09. The Morgan fingerprint density at radius 2 is 1.88 bits per heavy atom. The molecule has 0 aliphatic carbocycles. The van der Waals surface area contributed by atoms with Crippen LogP contribution in [-0.2, 0) is 19.6 Å². The summed E-state index contributed by atoms with van der Waals surface area (Å²) in [5, 5.41) is 0. The van der Waals surface area contributed by atoms with Crippen LogP contribution in [0.2, 0.25) is 0 Å². The lowest BCUT2D eigenvalue weighted by molar-refractivity contribution is 0.262. The van der Waals surface area contributed by atoms with Crippen molar-refractivity contribution in [3.05, 3.63) is 96.2 Å². The lowest BCUT2D eigenvalue weighted by atomic mass is 10.0. The number of rotatable bonds is 6. The average Bonchev–Trinajstić information content (AvgIpc) is 3.29. The quantitative estimate of drug-likeness (QED) is 0.493. The number of hydrogen-bond acceptors (Lipinski definition) is 5. The topological polar surface area (TPSA) is 57.3 Å². The second-order valence-electron chi connectivity index (χ2n) is 8.09. The lowest BCUT2D eigenvalue weighted by Gasteiger charge is -2.24. The first-order valence-electron chi connectivity index (χ1n) is 10.9. The summed E-state index contributed by atoms with van der Waals surface area (Å²) in [6.07, 6.45) is 5.42. The summed E-state index contributed by atoms with van der Waals surface area (Å²) < 4.78 is 5.50. The summed E-state index contributed by atoms with van der Waals surface area (Å²) >= 11 is 0. The van der Waals surface area contributed by atoms with Gasteiger partial charge >= 0.3 is 0 Å². The van der Waals surface area contributed by atoms with Gasteiger partial charge in [-0.2, -0.15) is 0 Å². The van der Waals surface area contributed by atoms with Gasteiger partial charge in [-0.25, -0.2) is 9.97 Å². The van der Waals surface area contributed by atoms with Gasteiger partial charge in [0.05, 0.1) is 25.7 Å². The van der Waals surface area contributed by atoms with Crippen LogP contribution in [0.5, 0.6) is 5.88 Å². The molecule has 1 aliphatic rings. The fourth-order valence-electron chi connectivity index (χ4n) is 4.38. The van der Waals surface area contributed by atoms with Crippen LogP contribution in [0.15, 0.2) is 79.4 Å². The van der Waals surface area contributed by atoms with Crippen LogP contribution in [0, 0.1) is 0 Å². The third-order valence-electron chi connectivity index (χ3n) is 5.96. The van der Waals surface area contributed by atoms with Gasteiger partial charge in [-0.15, -0.1) is 0 Å². The SMILES string of the molecule is COc1ncccc1CN1CCN(Cc2cnc[nH]2)c2ccc(-c3ccccc3)cc2C1. The number of nitrogens with zero attached hydrogens (tertiary/aromatic N) is 4. The minimum atomic E-state index is 0.698. The molecule has 1 N–H and O–H groups in total. The van der Waals surface area contributed by atoms with Crippen molar-refractivity contribution in [1.82, 2.24) is 19.9 Å². The van der Waals surface area contributed by atoms with Gasteiger partial charge in [0.25, 0.3) is 0 Å². The number of pyridine rings is 1. The molecular formula is C26H27N5O. The minimum absolute atomic E-state index is 0.698. The highest BCUT2D eigenvalue weighted by molar-refractivity contribution is 5.69. The van der Waals surface area contributed by atoms with E-state index in [9.17, 15) is 0 Å². The number of fused-ring (bicyclic) bond motifs is 1. The highest BCUT2D eigenvalue weighted by Gasteiger charge is 2.22. The average molecular weight is 426 g/mol. The predicted molar refractivity (Wildman–Crippen MR) is 126 cm³/mol. The maximum Gasteiger partial charge on any atom is 0.217 e. The molecule has 1 aliphatic heterocycles. The van der Waals surface area contributed by atoms with E-state index in [-0.39, 0.29) is 0 Å². The van der Waals surface area contributed by atoms with Gasteiger partial charge in [0.15, 0.2) is 0 Å². The van der Waals surface area contributed by atoms with Crippen molar-refractivity contribution in [1.29, 1.82) is 0 Å². The number of imidazole rings is 1. The van der Waals surface area contributed by atoms with Crippen molar-refractivity contribution in [3.63, 3.8) is 0 Å². The molecule has 0 saturated carbocycles. The van der Waals surface area contributed by atoms with Crippen molar-refractivity contribution in [2.75, 3.05) is 25.1 Å². The summed E-state index contributed by atoms with van der Waals surface area (Å²) in [6, 6.07) is 21.5. The van der Waals surface area contributed by atoms with E-state index in [1.807, 2.05) is 12.3 Å². The van der Waals surface area contributed by atoms with Crippen LogP contribution in [-0.4, -0.2) is 40.1 Å². The van der Waals surface area contributed by atoms with E-state index in [2.05, 4.69) is 79.3 Å². The number of nitrogens with one attached hydrogen (secondary N) is 1. The Morgan fingerprint density at radius 1 is 0.969 bits per heavy atom. The van der Waals surface area contributed by atoms with E-state index in [1.54, 1.807) is 19.6 Å². The standard InChI is InChI=1S/C26H27N5O/c1-32-26-22(8-5-11-28-26)16-30-12-13-31(18-24-15-27-19-29-24)25-10-9-21(14-23(25)17-30)20-6-3-2-4-7-20/h2-11,14-15,19H,12-13,16-18H2,1H3,(H,27,29). The molecule has 32 heavy (non-hydrogen) atoms. The number of ether oxygens (including phenoxy) is 1. The number of methoxy groups -OCH3 is 1. The number of aromatic nitrogens is 3. The van der Waals surface area contributed by atoms with E-state index < -0.39 is 0 Å². The summed E-state index contributed by atoms with van der Waals surface area (Å²) in [5.74, 6) is 0.698. The molecule has 6 nitrogen and oxygen atoms in total. The zero-order valence-corrected chi connectivity index (χ0v) is 18.2. The fraction of sp³-hybridized carbons (Fsp3) is 0.231. The predicted octanol–water partition coefficient (Wildman–Crippen LogP) is 4.50. The molecule has 0 fully saturated rings. The largest absolute Gasteiger partial charge is 0.481 e. The van der Waals surface area contributed by atoms with Gasteiger partial charge in [0.2, 0.25) is 5.88 Å². The van der Waals surface area contributed by atoms with Crippen molar-refractivity contribution in [2.45, 2.75) is 19.6 Å². The van der Waals surface area contributed by atoms with E-state index in [0.717, 1.165) is 44.0 Å². The van der Waals surface area contributed by atoms with Gasteiger partial charge in [-0.3, -0.25) is 4.90 Å². The smallest absolute Gasteiger partial charge is 0.217 e. The van der Waals surface area contributed by atoms with Crippen molar-refractivity contribution >= 4 is 5.69 Å². The Morgan fingerprint density at radius 3 is 2.69 bits per heavy atom.